The molecule has 3 nitrogen and oxygen atoms in total. The zero-order chi connectivity index (χ0) is 12.6. The number of guanidine groups is 1. The number of nitrogens with two attached hydrogens (primary N) is 1. The Morgan fingerprint density at radius 2 is 2.22 bits per heavy atom. The smallest absolute Gasteiger partial charge is 0.188 e. The largest absolute Gasteiger partial charge is 0.370 e. The third kappa shape index (κ3) is 2.61. The van der Waals surface area contributed by atoms with Crippen molar-refractivity contribution in [1.82, 2.24) is 5.32 Å². The molecule has 0 amide bonds. The maximum absolute atomic E-state index is 6.05. The van der Waals surface area contributed by atoms with Crippen molar-refractivity contribution in [3.63, 3.8) is 0 Å². The number of benzene rings is 1. The normalized spacial score (nSPS) is 21.7. The highest BCUT2D eigenvalue weighted by Gasteiger charge is 2.44. The quantitative estimate of drug-likeness (QED) is 0.648. The fraction of sp³-hybridized carbons (Fsp3) is 0.500. The van der Waals surface area contributed by atoms with Crippen LogP contribution in [0.5, 0.6) is 0 Å². The number of rotatable bonds is 4. The molecule has 0 saturated heterocycles. The van der Waals surface area contributed by atoms with Crippen LogP contribution < -0.4 is 11.1 Å². The molecule has 0 atom stereocenters. The summed E-state index contributed by atoms with van der Waals surface area (Å²) in [6.45, 7) is 0.763. The molecule has 0 bridgehead atoms. The SMILES string of the molecule is NC(=NCC1(c2cccc(Cl)c2)CC1)NC1CC1. The Balaban J connectivity index is 1.67. The Kier molecular flexibility index (Phi) is 2.94. The molecular weight excluding hydrogens is 246 g/mol. The highest BCUT2D eigenvalue weighted by atomic mass is 35.5. The molecule has 0 aliphatic heterocycles. The van der Waals surface area contributed by atoms with E-state index < -0.39 is 0 Å². The monoisotopic (exact) mass is 263 g/mol. The van der Waals surface area contributed by atoms with Gasteiger partial charge in [0, 0.05) is 16.5 Å². The van der Waals surface area contributed by atoms with Crippen molar-refractivity contribution in [1.29, 1.82) is 0 Å². The second-order valence-corrected chi connectivity index (χ2v) is 5.85. The van der Waals surface area contributed by atoms with Crippen LogP contribution in [0.3, 0.4) is 0 Å². The lowest BCUT2D eigenvalue weighted by atomic mass is 9.96. The molecule has 0 radical (unpaired) electrons. The van der Waals surface area contributed by atoms with Crippen LogP contribution in [0, 0.1) is 0 Å². The minimum absolute atomic E-state index is 0.181. The molecule has 1 aromatic rings. The van der Waals surface area contributed by atoms with Gasteiger partial charge in [0.25, 0.3) is 0 Å². The summed E-state index contributed by atoms with van der Waals surface area (Å²) < 4.78 is 0. The third-order valence-corrected chi connectivity index (χ3v) is 4.01. The molecule has 4 heteroatoms. The van der Waals surface area contributed by atoms with Crippen molar-refractivity contribution in [2.24, 2.45) is 10.7 Å². The van der Waals surface area contributed by atoms with Crippen LogP contribution in [0.4, 0.5) is 0 Å². The Morgan fingerprint density at radius 3 is 2.83 bits per heavy atom. The second kappa shape index (κ2) is 4.47. The predicted octanol–water partition coefficient (Wildman–Crippen LogP) is 2.44. The molecule has 2 saturated carbocycles. The number of hydrogen-bond acceptors (Lipinski definition) is 1. The molecule has 0 unspecified atom stereocenters. The number of nitrogens with zero attached hydrogens (tertiary/aromatic N) is 1. The molecular formula is C14H18ClN3. The standard InChI is InChI=1S/C14H18ClN3/c15-11-3-1-2-10(8-11)14(6-7-14)9-17-13(16)18-12-4-5-12/h1-3,8,12H,4-7,9H2,(H3,16,17,18). The average molecular weight is 264 g/mol. The predicted molar refractivity (Wildman–Crippen MR) is 75.0 cm³/mol. The van der Waals surface area contributed by atoms with E-state index in [-0.39, 0.29) is 5.41 Å². The first-order chi connectivity index (χ1) is 8.68. The number of halogens is 1. The first-order valence-corrected chi connectivity index (χ1v) is 6.88. The maximum Gasteiger partial charge on any atom is 0.188 e. The molecule has 2 aliphatic rings. The molecule has 0 spiro atoms. The zero-order valence-electron chi connectivity index (χ0n) is 10.3. The minimum atomic E-state index is 0.181. The van der Waals surface area contributed by atoms with Gasteiger partial charge in [-0.1, -0.05) is 23.7 Å². The molecule has 96 valence electrons. The van der Waals surface area contributed by atoms with E-state index in [4.69, 9.17) is 17.3 Å². The first-order valence-electron chi connectivity index (χ1n) is 6.50. The molecule has 0 aromatic heterocycles. The molecule has 2 fully saturated rings. The van der Waals surface area contributed by atoms with Gasteiger partial charge in [-0.15, -0.1) is 0 Å². The van der Waals surface area contributed by atoms with E-state index in [2.05, 4.69) is 22.4 Å². The van der Waals surface area contributed by atoms with Crippen LogP contribution in [-0.4, -0.2) is 18.5 Å². The van der Waals surface area contributed by atoms with Gasteiger partial charge < -0.3 is 11.1 Å². The van der Waals surface area contributed by atoms with E-state index in [0.29, 0.717) is 12.0 Å². The first kappa shape index (κ1) is 11.8. The Hall–Kier alpha value is -1.22. The number of hydrogen-bond donors (Lipinski definition) is 2. The molecule has 18 heavy (non-hydrogen) atoms. The topological polar surface area (TPSA) is 50.4 Å². The Labute approximate surface area is 112 Å². The summed E-state index contributed by atoms with van der Waals surface area (Å²) in [6.07, 6.45) is 4.78. The lowest BCUT2D eigenvalue weighted by Gasteiger charge is -2.14. The summed E-state index contributed by atoms with van der Waals surface area (Å²) in [5, 5.41) is 4.02. The van der Waals surface area contributed by atoms with Gasteiger partial charge in [0.15, 0.2) is 5.96 Å². The number of nitrogens with one attached hydrogen (secondary N) is 1. The minimum Gasteiger partial charge on any atom is -0.370 e. The van der Waals surface area contributed by atoms with Crippen LogP contribution in [0.2, 0.25) is 5.02 Å². The van der Waals surface area contributed by atoms with Crippen LogP contribution in [-0.2, 0) is 5.41 Å². The van der Waals surface area contributed by atoms with E-state index >= 15 is 0 Å². The van der Waals surface area contributed by atoms with Crippen molar-refractivity contribution in [2.75, 3.05) is 6.54 Å². The Bertz CT molecular complexity index is 476. The fourth-order valence-electron chi connectivity index (χ4n) is 2.23. The van der Waals surface area contributed by atoms with Crippen LogP contribution in [0.25, 0.3) is 0 Å². The van der Waals surface area contributed by atoms with E-state index in [1.807, 2.05) is 12.1 Å². The van der Waals surface area contributed by atoms with Gasteiger partial charge in [-0.2, -0.15) is 0 Å². The van der Waals surface area contributed by atoms with Gasteiger partial charge in [0.05, 0.1) is 6.54 Å². The number of aliphatic imine (C=N–C) groups is 1. The fourth-order valence-corrected chi connectivity index (χ4v) is 2.42. The van der Waals surface area contributed by atoms with Crippen molar-refractivity contribution in [2.45, 2.75) is 37.1 Å². The van der Waals surface area contributed by atoms with Gasteiger partial charge in [0.1, 0.15) is 0 Å². The zero-order valence-corrected chi connectivity index (χ0v) is 11.1. The van der Waals surface area contributed by atoms with Gasteiger partial charge in [0.2, 0.25) is 0 Å². The van der Waals surface area contributed by atoms with E-state index in [0.717, 1.165) is 11.6 Å². The van der Waals surface area contributed by atoms with Crippen LogP contribution in [0.1, 0.15) is 31.2 Å². The van der Waals surface area contributed by atoms with Crippen molar-refractivity contribution >= 4 is 17.6 Å². The highest BCUT2D eigenvalue weighted by Crippen LogP contribution is 2.48. The lowest BCUT2D eigenvalue weighted by molar-refractivity contribution is 0.699. The summed E-state index contributed by atoms with van der Waals surface area (Å²) in [7, 11) is 0. The van der Waals surface area contributed by atoms with Gasteiger partial charge in [-0.25, -0.2) is 0 Å². The molecule has 3 rings (SSSR count). The molecule has 0 heterocycles. The summed E-state index contributed by atoms with van der Waals surface area (Å²) in [5.74, 6) is 0.589. The van der Waals surface area contributed by atoms with E-state index in [1.54, 1.807) is 0 Å². The van der Waals surface area contributed by atoms with Crippen LogP contribution in [0.15, 0.2) is 29.3 Å². The van der Waals surface area contributed by atoms with Crippen molar-refractivity contribution in [3.05, 3.63) is 34.9 Å². The summed E-state index contributed by atoms with van der Waals surface area (Å²) >= 11 is 6.05. The Morgan fingerprint density at radius 1 is 1.44 bits per heavy atom. The van der Waals surface area contributed by atoms with E-state index in [9.17, 15) is 0 Å². The van der Waals surface area contributed by atoms with Crippen molar-refractivity contribution < 1.29 is 0 Å². The molecule has 1 aromatic carbocycles. The summed E-state index contributed by atoms with van der Waals surface area (Å²) in [4.78, 5) is 4.48. The second-order valence-electron chi connectivity index (χ2n) is 5.41. The van der Waals surface area contributed by atoms with Crippen LogP contribution >= 0.6 is 11.6 Å². The van der Waals surface area contributed by atoms with E-state index in [1.165, 1.54) is 31.2 Å². The highest BCUT2D eigenvalue weighted by molar-refractivity contribution is 6.30. The van der Waals surface area contributed by atoms with Gasteiger partial charge >= 0.3 is 0 Å². The van der Waals surface area contributed by atoms with Gasteiger partial charge in [-0.05, 0) is 43.4 Å². The van der Waals surface area contributed by atoms with Gasteiger partial charge in [-0.3, -0.25) is 4.99 Å². The molecule has 2 aliphatic carbocycles. The van der Waals surface area contributed by atoms with Crippen molar-refractivity contribution in [3.8, 4) is 0 Å². The third-order valence-electron chi connectivity index (χ3n) is 3.77. The maximum atomic E-state index is 6.05. The summed E-state index contributed by atoms with van der Waals surface area (Å²) in [5.41, 5.74) is 7.34. The lowest BCUT2D eigenvalue weighted by Crippen LogP contribution is -2.34. The molecule has 3 N–H and O–H groups in total. The summed E-state index contributed by atoms with van der Waals surface area (Å²) in [6, 6.07) is 8.67. The average Bonchev–Trinajstić information content (AvgIpc) is 3.23.